The first-order valence-electron chi connectivity index (χ1n) is 6.34. The van der Waals surface area contributed by atoms with Crippen LogP contribution in [0.5, 0.6) is 0 Å². The van der Waals surface area contributed by atoms with E-state index in [-0.39, 0.29) is 0 Å². The van der Waals surface area contributed by atoms with Crippen LogP contribution < -0.4 is 0 Å². The summed E-state index contributed by atoms with van der Waals surface area (Å²) in [5.74, 6) is 0. The minimum Gasteiger partial charge on any atom is -0.296 e. The normalized spacial score (nSPS) is 11.6. The van der Waals surface area contributed by atoms with E-state index >= 15 is 0 Å². The third-order valence-electron chi connectivity index (χ3n) is 3.16. The Morgan fingerprint density at radius 1 is 1.28 bits per heavy atom. The monoisotopic (exact) mass is 306 g/mol. The van der Waals surface area contributed by atoms with Crippen molar-refractivity contribution in [3.8, 4) is 0 Å². The highest BCUT2D eigenvalue weighted by atomic mass is 79.9. The average molecular weight is 307 g/mol. The maximum Gasteiger partial charge on any atom is 0.0702 e. The molecule has 0 saturated carbocycles. The summed E-state index contributed by atoms with van der Waals surface area (Å²) >= 11 is 3.52. The second-order valence-electron chi connectivity index (χ2n) is 4.78. The molecule has 1 aromatic carbocycles. The molecular formula is C15H19BrN2. The molecule has 0 aliphatic carbocycles. The van der Waals surface area contributed by atoms with Gasteiger partial charge in [0, 0.05) is 36.0 Å². The molecule has 0 amide bonds. The van der Waals surface area contributed by atoms with Gasteiger partial charge in [0.05, 0.1) is 5.52 Å². The van der Waals surface area contributed by atoms with Gasteiger partial charge in [0.15, 0.2) is 0 Å². The van der Waals surface area contributed by atoms with Crippen LogP contribution in [-0.2, 0) is 6.54 Å². The second-order valence-corrected chi connectivity index (χ2v) is 5.58. The zero-order valence-corrected chi connectivity index (χ0v) is 12.5. The van der Waals surface area contributed by atoms with Crippen molar-refractivity contribution in [1.29, 1.82) is 0 Å². The Kier molecular flexibility index (Phi) is 4.72. The molecule has 0 fully saturated rings. The number of alkyl halides is 1. The standard InChI is InChI=1S/C15H19BrN2/c1-12(2)18(9-7-16)11-13-5-6-15-14(10-13)4-3-8-17-15/h3-6,8,10,12H,7,9,11H2,1-2H3. The van der Waals surface area contributed by atoms with E-state index in [1.54, 1.807) is 0 Å². The molecule has 96 valence electrons. The fourth-order valence-corrected chi connectivity index (χ4v) is 2.54. The van der Waals surface area contributed by atoms with Gasteiger partial charge in [-0.2, -0.15) is 0 Å². The molecule has 0 aliphatic rings. The van der Waals surface area contributed by atoms with E-state index in [1.807, 2.05) is 12.3 Å². The summed E-state index contributed by atoms with van der Waals surface area (Å²) in [6, 6.07) is 11.2. The van der Waals surface area contributed by atoms with Gasteiger partial charge < -0.3 is 0 Å². The summed E-state index contributed by atoms with van der Waals surface area (Å²) in [4.78, 5) is 6.82. The molecule has 0 bridgehead atoms. The van der Waals surface area contributed by atoms with Crippen molar-refractivity contribution in [2.45, 2.75) is 26.4 Å². The summed E-state index contributed by atoms with van der Waals surface area (Å²) in [7, 11) is 0. The van der Waals surface area contributed by atoms with Crippen LogP contribution >= 0.6 is 15.9 Å². The molecule has 0 unspecified atom stereocenters. The second kappa shape index (κ2) is 6.30. The fourth-order valence-electron chi connectivity index (χ4n) is 2.09. The molecule has 0 atom stereocenters. The summed E-state index contributed by atoms with van der Waals surface area (Å²) in [6.07, 6.45) is 1.84. The van der Waals surface area contributed by atoms with Crippen molar-refractivity contribution in [1.82, 2.24) is 9.88 Å². The lowest BCUT2D eigenvalue weighted by Gasteiger charge is -2.25. The van der Waals surface area contributed by atoms with Crippen LogP contribution in [0.15, 0.2) is 36.5 Å². The van der Waals surface area contributed by atoms with Crippen molar-refractivity contribution < 1.29 is 0 Å². The SMILES string of the molecule is CC(C)N(CCBr)Cc1ccc2ncccc2c1. The first-order valence-corrected chi connectivity index (χ1v) is 7.46. The van der Waals surface area contributed by atoms with E-state index in [0.29, 0.717) is 6.04 Å². The van der Waals surface area contributed by atoms with Gasteiger partial charge in [-0.3, -0.25) is 9.88 Å². The predicted octanol–water partition coefficient (Wildman–Crippen LogP) is 3.84. The lowest BCUT2D eigenvalue weighted by molar-refractivity contribution is 0.227. The number of hydrogen-bond acceptors (Lipinski definition) is 2. The molecule has 2 aromatic rings. The highest BCUT2D eigenvalue weighted by molar-refractivity contribution is 9.09. The quantitative estimate of drug-likeness (QED) is 0.780. The predicted molar refractivity (Wildman–Crippen MR) is 81.1 cm³/mol. The van der Waals surface area contributed by atoms with Crippen molar-refractivity contribution >= 4 is 26.8 Å². The highest BCUT2D eigenvalue weighted by Gasteiger charge is 2.09. The molecule has 0 saturated heterocycles. The van der Waals surface area contributed by atoms with Crippen molar-refractivity contribution in [2.24, 2.45) is 0 Å². The number of benzene rings is 1. The van der Waals surface area contributed by atoms with Gasteiger partial charge in [-0.15, -0.1) is 0 Å². The Labute approximate surface area is 117 Å². The number of rotatable bonds is 5. The zero-order valence-electron chi connectivity index (χ0n) is 10.9. The molecule has 3 heteroatoms. The van der Waals surface area contributed by atoms with E-state index in [2.05, 4.69) is 63.9 Å². The third-order valence-corrected chi connectivity index (χ3v) is 3.51. The largest absolute Gasteiger partial charge is 0.296 e. The van der Waals surface area contributed by atoms with E-state index in [0.717, 1.165) is 23.9 Å². The Balaban J connectivity index is 2.20. The van der Waals surface area contributed by atoms with Crippen LogP contribution in [0, 0.1) is 0 Å². The highest BCUT2D eigenvalue weighted by Crippen LogP contribution is 2.16. The molecule has 2 rings (SSSR count). The Morgan fingerprint density at radius 2 is 2.11 bits per heavy atom. The third kappa shape index (κ3) is 3.30. The number of halogens is 1. The number of fused-ring (bicyclic) bond motifs is 1. The molecule has 1 aromatic heterocycles. The molecule has 2 nitrogen and oxygen atoms in total. The average Bonchev–Trinajstić information content (AvgIpc) is 2.38. The van der Waals surface area contributed by atoms with Crippen molar-refractivity contribution in [3.05, 3.63) is 42.1 Å². The molecule has 0 radical (unpaired) electrons. The van der Waals surface area contributed by atoms with Crippen LogP contribution in [0.4, 0.5) is 0 Å². The summed E-state index contributed by atoms with van der Waals surface area (Å²) in [5.41, 5.74) is 2.42. The van der Waals surface area contributed by atoms with Crippen LogP contribution in [-0.4, -0.2) is 27.8 Å². The summed E-state index contributed by atoms with van der Waals surface area (Å²) in [6.45, 7) is 6.55. The van der Waals surface area contributed by atoms with Gasteiger partial charge in [-0.25, -0.2) is 0 Å². The molecular weight excluding hydrogens is 288 g/mol. The number of hydrogen-bond donors (Lipinski definition) is 0. The van der Waals surface area contributed by atoms with Gasteiger partial charge in [0.2, 0.25) is 0 Å². The minimum atomic E-state index is 0.562. The molecule has 1 heterocycles. The minimum absolute atomic E-state index is 0.562. The first-order chi connectivity index (χ1) is 8.70. The Hall–Kier alpha value is -0.930. The number of nitrogens with zero attached hydrogens (tertiary/aromatic N) is 2. The van der Waals surface area contributed by atoms with Gasteiger partial charge >= 0.3 is 0 Å². The van der Waals surface area contributed by atoms with Crippen molar-refractivity contribution in [2.75, 3.05) is 11.9 Å². The van der Waals surface area contributed by atoms with Gasteiger partial charge in [-0.05, 0) is 37.6 Å². The van der Waals surface area contributed by atoms with Gasteiger partial charge in [-0.1, -0.05) is 28.1 Å². The molecule has 0 spiro atoms. The summed E-state index contributed by atoms with van der Waals surface area (Å²) in [5, 5.41) is 2.23. The Bertz CT molecular complexity index is 511. The lowest BCUT2D eigenvalue weighted by Crippen LogP contribution is -2.31. The molecule has 18 heavy (non-hydrogen) atoms. The van der Waals surface area contributed by atoms with E-state index in [9.17, 15) is 0 Å². The lowest BCUT2D eigenvalue weighted by atomic mass is 10.1. The number of pyridine rings is 1. The van der Waals surface area contributed by atoms with Gasteiger partial charge in [0.25, 0.3) is 0 Å². The smallest absolute Gasteiger partial charge is 0.0702 e. The van der Waals surface area contributed by atoms with E-state index in [1.165, 1.54) is 10.9 Å². The summed E-state index contributed by atoms with van der Waals surface area (Å²) < 4.78 is 0. The van der Waals surface area contributed by atoms with Crippen LogP contribution in [0.2, 0.25) is 0 Å². The van der Waals surface area contributed by atoms with Gasteiger partial charge in [0.1, 0.15) is 0 Å². The number of aromatic nitrogens is 1. The van der Waals surface area contributed by atoms with E-state index in [4.69, 9.17) is 0 Å². The zero-order chi connectivity index (χ0) is 13.0. The maximum atomic E-state index is 4.35. The first kappa shape index (κ1) is 13.5. The van der Waals surface area contributed by atoms with Crippen molar-refractivity contribution in [3.63, 3.8) is 0 Å². The van der Waals surface area contributed by atoms with Crippen LogP contribution in [0.25, 0.3) is 10.9 Å². The van der Waals surface area contributed by atoms with Crippen LogP contribution in [0.1, 0.15) is 19.4 Å². The molecule has 0 aliphatic heterocycles. The van der Waals surface area contributed by atoms with Crippen LogP contribution in [0.3, 0.4) is 0 Å². The van der Waals surface area contributed by atoms with E-state index < -0.39 is 0 Å². The maximum absolute atomic E-state index is 4.35. The molecule has 0 N–H and O–H groups in total. The Morgan fingerprint density at radius 3 is 2.83 bits per heavy atom. The topological polar surface area (TPSA) is 16.1 Å². The fraction of sp³-hybridized carbons (Fsp3) is 0.400.